The summed E-state index contributed by atoms with van der Waals surface area (Å²) in [4.78, 5) is 11.8. The summed E-state index contributed by atoms with van der Waals surface area (Å²) < 4.78 is 5.14. The number of rotatable bonds is 7. The average molecular weight is 280 g/mol. The van der Waals surface area contributed by atoms with Crippen molar-refractivity contribution in [3.05, 3.63) is 24.2 Å². The van der Waals surface area contributed by atoms with Crippen LogP contribution >= 0.6 is 0 Å². The van der Waals surface area contributed by atoms with Gasteiger partial charge in [-0.1, -0.05) is 6.92 Å². The molecule has 1 aliphatic carbocycles. The van der Waals surface area contributed by atoms with Crippen molar-refractivity contribution in [3.63, 3.8) is 0 Å². The molecule has 5 heteroatoms. The standard InChI is InChI=1S/C15H24N2O3/c1-3-15(6-7-15)10-16-14(19)17-11(2)9-12(18)13-5-4-8-20-13/h4-5,8,11-12,18H,3,6-7,9-10H2,1-2H3,(H2,16,17,19). The van der Waals surface area contributed by atoms with Crippen molar-refractivity contribution >= 4 is 6.03 Å². The monoisotopic (exact) mass is 280 g/mol. The van der Waals surface area contributed by atoms with Gasteiger partial charge in [0.05, 0.1) is 6.26 Å². The highest BCUT2D eigenvalue weighted by atomic mass is 16.4. The Hall–Kier alpha value is -1.49. The molecule has 5 nitrogen and oxygen atoms in total. The molecular weight excluding hydrogens is 256 g/mol. The molecule has 1 saturated carbocycles. The number of aliphatic hydroxyl groups excluding tert-OH is 1. The molecule has 0 saturated heterocycles. The molecule has 1 aromatic rings. The quantitative estimate of drug-likeness (QED) is 0.718. The Morgan fingerprint density at radius 3 is 2.85 bits per heavy atom. The van der Waals surface area contributed by atoms with E-state index in [1.54, 1.807) is 12.1 Å². The molecule has 0 aromatic carbocycles. The number of hydrogen-bond acceptors (Lipinski definition) is 3. The van der Waals surface area contributed by atoms with Crippen molar-refractivity contribution in [1.29, 1.82) is 0 Å². The molecule has 3 N–H and O–H groups in total. The number of aliphatic hydroxyl groups is 1. The van der Waals surface area contributed by atoms with Crippen LogP contribution in [-0.4, -0.2) is 23.7 Å². The van der Waals surface area contributed by atoms with Crippen LogP contribution in [0.2, 0.25) is 0 Å². The van der Waals surface area contributed by atoms with Gasteiger partial charge in [-0.25, -0.2) is 4.79 Å². The first-order chi connectivity index (χ1) is 9.54. The van der Waals surface area contributed by atoms with Crippen LogP contribution in [0.3, 0.4) is 0 Å². The third kappa shape index (κ3) is 4.00. The van der Waals surface area contributed by atoms with Gasteiger partial charge in [0.25, 0.3) is 0 Å². The maximum Gasteiger partial charge on any atom is 0.315 e. The minimum atomic E-state index is -0.689. The number of carbonyl (C=O) groups is 1. The normalized spacial score (nSPS) is 19.1. The summed E-state index contributed by atoms with van der Waals surface area (Å²) in [5.41, 5.74) is 0.342. The SMILES string of the molecule is CCC1(CNC(=O)NC(C)CC(O)c2ccco2)CC1. The van der Waals surface area contributed by atoms with E-state index in [-0.39, 0.29) is 12.1 Å². The highest BCUT2D eigenvalue weighted by Gasteiger charge is 2.40. The molecule has 1 aromatic heterocycles. The summed E-state index contributed by atoms with van der Waals surface area (Å²) in [5.74, 6) is 0.530. The first-order valence-corrected chi connectivity index (χ1v) is 7.30. The summed E-state index contributed by atoms with van der Waals surface area (Å²) >= 11 is 0. The molecule has 0 bridgehead atoms. The number of carbonyl (C=O) groups excluding carboxylic acids is 1. The lowest BCUT2D eigenvalue weighted by Gasteiger charge is -2.19. The van der Waals surface area contributed by atoms with E-state index < -0.39 is 6.10 Å². The van der Waals surface area contributed by atoms with Crippen LogP contribution < -0.4 is 10.6 Å². The third-order valence-electron chi connectivity index (χ3n) is 4.16. The van der Waals surface area contributed by atoms with Crippen LogP contribution in [0.5, 0.6) is 0 Å². The summed E-state index contributed by atoms with van der Waals surface area (Å²) in [7, 11) is 0. The van der Waals surface area contributed by atoms with E-state index in [0.717, 1.165) is 13.0 Å². The fraction of sp³-hybridized carbons (Fsp3) is 0.667. The maximum atomic E-state index is 11.8. The highest BCUT2D eigenvalue weighted by Crippen LogP contribution is 2.47. The molecule has 0 aliphatic heterocycles. The van der Waals surface area contributed by atoms with E-state index >= 15 is 0 Å². The van der Waals surface area contributed by atoms with Crippen LogP contribution in [0.25, 0.3) is 0 Å². The van der Waals surface area contributed by atoms with E-state index in [1.807, 2.05) is 6.92 Å². The molecule has 1 heterocycles. The topological polar surface area (TPSA) is 74.5 Å². The molecule has 1 aliphatic rings. The molecule has 112 valence electrons. The van der Waals surface area contributed by atoms with Crippen LogP contribution in [-0.2, 0) is 0 Å². The van der Waals surface area contributed by atoms with Crippen molar-refractivity contribution in [1.82, 2.24) is 10.6 Å². The Morgan fingerprint density at radius 2 is 2.30 bits per heavy atom. The molecule has 2 atom stereocenters. The zero-order valence-electron chi connectivity index (χ0n) is 12.2. The zero-order chi connectivity index (χ0) is 14.6. The van der Waals surface area contributed by atoms with E-state index in [9.17, 15) is 9.90 Å². The lowest BCUT2D eigenvalue weighted by Crippen LogP contribution is -2.43. The maximum absolute atomic E-state index is 11.8. The summed E-state index contributed by atoms with van der Waals surface area (Å²) in [5, 5.41) is 15.7. The molecule has 0 spiro atoms. The fourth-order valence-electron chi connectivity index (χ4n) is 2.37. The first-order valence-electron chi connectivity index (χ1n) is 7.30. The van der Waals surface area contributed by atoms with Gasteiger partial charge in [-0.2, -0.15) is 0 Å². The van der Waals surface area contributed by atoms with Gasteiger partial charge in [0, 0.05) is 19.0 Å². The van der Waals surface area contributed by atoms with Gasteiger partial charge in [0.2, 0.25) is 0 Å². The number of amides is 2. The number of hydrogen-bond donors (Lipinski definition) is 3. The molecule has 2 amide bonds. The van der Waals surface area contributed by atoms with Gasteiger partial charge in [0.1, 0.15) is 11.9 Å². The highest BCUT2D eigenvalue weighted by molar-refractivity contribution is 5.74. The predicted octanol–water partition coefficient (Wildman–Crippen LogP) is 2.58. The van der Waals surface area contributed by atoms with Crippen molar-refractivity contribution < 1.29 is 14.3 Å². The Morgan fingerprint density at radius 1 is 1.55 bits per heavy atom. The number of urea groups is 1. The molecule has 2 rings (SSSR count). The lowest BCUT2D eigenvalue weighted by atomic mass is 10.0. The average Bonchev–Trinajstić information content (AvgIpc) is 2.98. The second kappa shape index (κ2) is 6.31. The van der Waals surface area contributed by atoms with Crippen LogP contribution in [0.1, 0.15) is 51.4 Å². The van der Waals surface area contributed by atoms with Crippen molar-refractivity contribution in [2.75, 3.05) is 6.54 Å². The van der Waals surface area contributed by atoms with E-state index in [4.69, 9.17) is 4.42 Å². The van der Waals surface area contributed by atoms with Crippen LogP contribution in [0.4, 0.5) is 4.79 Å². The smallest absolute Gasteiger partial charge is 0.315 e. The van der Waals surface area contributed by atoms with Gasteiger partial charge >= 0.3 is 6.03 Å². The second-order valence-corrected chi connectivity index (χ2v) is 5.85. The second-order valence-electron chi connectivity index (χ2n) is 5.85. The molecule has 1 fully saturated rings. The number of furan rings is 1. The summed E-state index contributed by atoms with van der Waals surface area (Å²) in [6.07, 6.45) is 4.79. The van der Waals surface area contributed by atoms with Crippen molar-refractivity contribution in [2.45, 2.75) is 51.7 Å². The number of nitrogens with one attached hydrogen (secondary N) is 2. The molecular formula is C15H24N2O3. The van der Waals surface area contributed by atoms with Crippen molar-refractivity contribution in [3.8, 4) is 0 Å². The van der Waals surface area contributed by atoms with Gasteiger partial charge in [0.15, 0.2) is 0 Å². The third-order valence-corrected chi connectivity index (χ3v) is 4.16. The van der Waals surface area contributed by atoms with E-state index in [0.29, 0.717) is 17.6 Å². The van der Waals surface area contributed by atoms with Gasteiger partial charge in [-0.05, 0) is 43.7 Å². The van der Waals surface area contributed by atoms with Crippen molar-refractivity contribution in [2.24, 2.45) is 5.41 Å². The van der Waals surface area contributed by atoms with Gasteiger partial charge in [-0.3, -0.25) is 0 Å². The van der Waals surface area contributed by atoms with Crippen LogP contribution in [0.15, 0.2) is 22.8 Å². The summed E-state index contributed by atoms with van der Waals surface area (Å²) in [6, 6.07) is 3.19. The minimum Gasteiger partial charge on any atom is -0.467 e. The first kappa shape index (κ1) is 14.9. The van der Waals surface area contributed by atoms with Gasteiger partial charge < -0.3 is 20.2 Å². The summed E-state index contributed by atoms with van der Waals surface area (Å²) in [6.45, 7) is 4.77. The van der Waals surface area contributed by atoms with E-state index in [2.05, 4.69) is 17.6 Å². The van der Waals surface area contributed by atoms with E-state index in [1.165, 1.54) is 19.1 Å². The zero-order valence-corrected chi connectivity index (χ0v) is 12.2. The Bertz CT molecular complexity index is 426. The Labute approximate surface area is 119 Å². The molecule has 0 radical (unpaired) electrons. The van der Waals surface area contributed by atoms with Crippen LogP contribution in [0, 0.1) is 5.41 Å². The Kier molecular flexibility index (Phi) is 4.70. The fourth-order valence-corrected chi connectivity index (χ4v) is 2.37. The van der Waals surface area contributed by atoms with Gasteiger partial charge in [-0.15, -0.1) is 0 Å². The largest absolute Gasteiger partial charge is 0.467 e. The molecule has 20 heavy (non-hydrogen) atoms. The Balaban J connectivity index is 1.68. The predicted molar refractivity (Wildman–Crippen MR) is 76.2 cm³/mol. The molecule has 2 unspecified atom stereocenters. The minimum absolute atomic E-state index is 0.119. The lowest BCUT2D eigenvalue weighted by molar-refractivity contribution is 0.129.